The monoisotopic (exact) mass is 323 g/mol. The summed E-state index contributed by atoms with van der Waals surface area (Å²) in [5.41, 5.74) is 8.01. The summed E-state index contributed by atoms with van der Waals surface area (Å²) in [7, 11) is 1.65. The average molecular weight is 324 g/mol. The summed E-state index contributed by atoms with van der Waals surface area (Å²) in [5, 5.41) is 0. The van der Waals surface area contributed by atoms with Crippen molar-refractivity contribution in [2.75, 3.05) is 12.8 Å². The van der Waals surface area contributed by atoms with Gasteiger partial charge >= 0.3 is 0 Å². The SMILES string of the molecule is CCCn1c(C)nc(-c2ccc(OC)c(Br)c2)c1N. The average Bonchev–Trinajstić information content (AvgIpc) is 2.67. The summed E-state index contributed by atoms with van der Waals surface area (Å²) in [6.45, 7) is 5.00. The molecule has 0 aliphatic carbocycles. The van der Waals surface area contributed by atoms with Crippen LogP contribution in [0, 0.1) is 6.92 Å². The maximum absolute atomic E-state index is 6.20. The third-order valence-electron chi connectivity index (χ3n) is 3.07. The molecule has 0 amide bonds. The molecule has 0 saturated heterocycles. The molecule has 2 N–H and O–H groups in total. The first-order chi connectivity index (χ1) is 9.08. The van der Waals surface area contributed by atoms with E-state index in [1.807, 2.05) is 29.7 Å². The molecule has 0 atom stereocenters. The van der Waals surface area contributed by atoms with Gasteiger partial charge in [-0.2, -0.15) is 0 Å². The molecule has 0 spiro atoms. The third-order valence-corrected chi connectivity index (χ3v) is 3.69. The standard InChI is InChI=1S/C14H18BrN3O/c1-4-7-18-9(2)17-13(14(18)16)10-5-6-12(19-3)11(15)8-10/h5-6,8H,4,7,16H2,1-3H3. The van der Waals surface area contributed by atoms with Crippen LogP contribution in [-0.2, 0) is 6.54 Å². The lowest BCUT2D eigenvalue weighted by Gasteiger charge is -2.07. The molecule has 19 heavy (non-hydrogen) atoms. The number of nitrogens with zero attached hydrogens (tertiary/aromatic N) is 2. The van der Waals surface area contributed by atoms with Crippen LogP contribution in [0.15, 0.2) is 22.7 Å². The lowest BCUT2D eigenvalue weighted by molar-refractivity contribution is 0.412. The Morgan fingerprint density at radius 3 is 2.74 bits per heavy atom. The highest BCUT2D eigenvalue weighted by molar-refractivity contribution is 9.10. The van der Waals surface area contributed by atoms with Gasteiger partial charge in [-0.1, -0.05) is 6.92 Å². The first kappa shape index (κ1) is 13.9. The Morgan fingerprint density at radius 1 is 1.42 bits per heavy atom. The minimum Gasteiger partial charge on any atom is -0.496 e. The van der Waals surface area contributed by atoms with E-state index in [-0.39, 0.29) is 0 Å². The van der Waals surface area contributed by atoms with Crippen LogP contribution in [0.1, 0.15) is 19.2 Å². The molecule has 5 heteroatoms. The van der Waals surface area contributed by atoms with E-state index in [2.05, 4.69) is 27.8 Å². The van der Waals surface area contributed by atoms with Gasteiger partial charge in [0.05, 0.1) is 11.6 Å². The Bertz CT molecular complexity index is 593. The molecule has 1 heterocycles. The van der Waals surface area contributed by atoms with Crippen molar-refractivity contribution < 1.29 is 4.74 Å². The molecule has 4 nitrogen and oxygen atoms in total. The number of anilines is 1. The highest BCUT2D eigenvalue weighted by Gasteiger charge is 2.14. The highest BCUT2D eigenvalue weighted by Crippen LogP contribution is 2.33. The van der Waals surface area contributed by atoms with Crippen molar-refractivity contribution in [3.05, 3.63) is 28.5 Å². The van der Waals surface area contributed by atoms with Gasteiger partial charge in [-0.3, -0.25) is 0 Å². The third kappa shape index (κ3) is 2.61. The second-order valence-corrected chi connectivity index (χ2v) is 5.25. The van der Waals surface area contributed by atoms with E-state index in [9.17, 15) is 0 Å². The second kappa shape index (κ2) is 5.65. The molecule has 2 rings (SSSR count). The molecule has 1 aromatic heterocycles. The van der Waals surface area contributed by atoms with E-state index in [0.29, 0.717) is 0 Å². The van der Waals surface area contributed by atoms with Crippen LogP contribution in [0.2, 0.25) is 0 Å². The van der Waals surface area contributed by atoms with Crippen molar-refractivity contribution in [3.63, 3.8) is 0 Å². The van der Waals surface area contributed by atoms with E-state index in [0.717, 1.165) is 46.1 Å². The molecule has 0 aliphatic rings. The predicted molar refractivity (Wildman–Crippen MR) is 81.4 cm³/mol. The van der Waals surface area contributed by atoms with Gasteiger partial charge in [0, 0.05) is 12.1 Å². The summed E-state index contributed by atoms with van der Waals surface area (Å²) in [5.74, 6) is 2.46. The number of aryl methyl sites for hydroxylation is 1. The highest BCUT2D eigenvalue weighted by atomic mass is 79.9. The fourth-order valence-electron chi connectivity index (χ4n) is 2.11. The van der Waals surface area contributed by atoms with Crippen molar-refractivity contribution in [3.8, 4) is 17.0 Å². The topological polar surface area (TPSA) is 53.1 Å². The summed E-state index contributed by atoms with van der Waals surface area (Å²) < 4.78 is 8.18. The van der Waals surface area contributed by atoms with Crippen LogP contribution in [0.25, 0.3) is 11.3 Å². The number of hydrogen-bond donors (Lipinski definition) is 1. The van der Waals surface area contributed by atoms with Gasteiger partial charge in [-0.05, 0) is 47.5 Å². The lowest BCUT2D eigenvalue weighted by atomic mass is 10.1. The first-order valence-corrected chi connectivity index (χ1v) is 7.04. The Hall–Kier alpha value is -1.49. The zero-order valence-corrected chi connectivity index (χ0v) is 13.0. The molecule has 0 bridgehead atoms. The number of methoxy groups -OCH3 is 1. The number of benzene rings is 1. The van der Waals surface area contributed by atoms with Crippen molar-refractivity contribution in [2.45, 2.75) is 26.8 Å². The van der Waals surface area contributed by atoms with E-state index < -0.39 is 0 Å². The van der Waals surface area contributed by atoms with Gasteiger partial charge in [0.1, 0.15) is 23.1 Å². The van der Waals surface area contributed by atoms with Crippen LogP contribution in [0.4, 0.5) is 5.82 Å². The minimum atomic E-state index is 0.719. The van der Waals surface area contributed by atoms with Gasteiger partial charge in [0.15, 0.2) is 0 Å². The van der Waals surface area contributed by atoms with Gasteiger partial charge in [-0.15, -0.1) is 0 Å². The van der Waals surface area contributed by atoms with Gasteiger partial charge < -0.3 is 15.0 Å². The number of nitrogens with two attached hydrogens (primary N) is 1. The summed E-state index contributed by atoms with van der Waals surface area (Å²) >= 11 is 3.48. The van der Waals surface area contributed by atoms with Crippen molar-refractivity contribution in [2.24, 2.45) is 0 Å². The first-order valence-electron chi connectivity index (χ1n) is 6.25. The second-order valence-electron chi connectivity index (χ2n) is 4.39. The summed E-state index contributed by atoms with van der Waals surface area (Å²) in [6.07, 6.45) is 1.03. The number of rotatable bonds is 4. The van der Waals surface area contributed by atoms with Gasteiger partial charge in [0.2, 0.25) is 0 Å². The largest absolute Gasteiger partial charge is 0.496 e. The fraction of sp³-hybridized carbons (Fsp3) is 0.357. The summed E-state index contributed by atoms with van der Waals surface area (Å²) in [6, 6.07) is 5.86. The van der Waals surface area contributed by atoms with Gasteiger partial charge in [-0.25, -0.2) is 4.98 Å². The zero-order chi connectivity index (χ0) is 14.0. The number of halogens is 1. The molecule has 0 aliphatic heterocycles. The predicted octanol–water partition coefficient (Wildman–Crippen LogP) is 3.62. The van der Waals surface area contributed by atoms with E-state index in [4.69, 9.17) is 10.5 Å². The molecule has 102 valence electrons. The quantitative estimate of drug-likeness (QED) is 0.934. The number of ether oxygens (including phenoxy) is 1. The van der Waals surface area contributed by atoms with Crippen molar-refractivity contribution in [1.82, 2.24) is 9.55 Å². The van der Waals surface area contributed by atoms with Crippen LogP contribution < -0.4 is 10.5 Å². The Balaban J connectivity index is 2.47. The molecule has 0 radical (unpaired) electrons. The smallest absolute Gasteiger partial charge is 0.133 e. The number of aromatic nitrogens is 2. The summed E-state index contributed by atoms with van der Waals surface area (Å²) in [4.78, 5) is 4.57. The Kier molecular flexibility index (Phi) is 4.14. The van der Waals surface area contributed by atoms with E-state index in [1.54, 1.807) is 7.11 Å². The normalized spacial score (nSPS) is 10.7. The fourth-order valence-corrected chi connectivity index (χ4v) is 2.65. The van der Waals surface area contributed by atoms with Crippen molar-refractivity contribution >= 4 is 21.7 Å². The van der Waals surface area contributed by atoms with E-state index in [1.165, 1.54) is 0 Å². The number of imidazole rings is 1. The number of hydrogen-bond acceptors (Lipinski definition) is 3. The maximum Gasteiger partial charge on any atom is 0.133 e. The Morgan fingerprint density at radius 2 is 2.16 bits per heavy atom. The molecule has 0 fully saturated rings. The minimum absolute atomic E-state index is 0.719. The lowest BCUT2D eigenvalue weighted by Crippen LogP contribution is -2.04. The van der Waals surface area contributed by atoms with Gasteiger partial charge in [0.25, 0.3) is 0 Å². The number of nitrogen functional groups attached to an aromatic ring is 1. The molecule has 1 aromatic carbocycles. The molecular formula is C14H18BrN3O. The zero-order valence-electron chi connectivity index (χ0n) is 11.4. The molecular weight excluding hydrogens is 306 g/mol. The van der Waals surface area contributed by atoms with Crippen molar-refractivity contribution in [1.29, 1.82) is 0 Å². The van der Waals surface area contributed by atoms with E-state index >= 15 is 0 Å². The van der Waals surface area contributed by atoms with Crippen LogP contribution in [-0.4, -0.2) is 16.7 Å². The van der Waals surface area contributed by atoms with Crippen LogP contribution >= 0.6 is 15.9 Å². The van der Waals surface area contributed by atoms with Crippen LogP contribution in [0.3, 0.4) is 0 Å². The molecule has 0 saturated carbocycles. The Labute approximate surface area is 121 Å². The van der Waals surface area contributed by atoms with Crippen LogP contribution in [0.5, 0.6) is 5.75 Å². The molecule has 0 unspecified atom stereocenters. The maximum atomic E-state index is 6.20. The molecule has 2 aromatic rings.